The summed E-state index contributed by atoms with van der Waals surface area (Å²) in [5.74, 6) is -0.228. The van der Waals surface area contributed by atoms with E-state index >= 15 is 0 Å². The molecule has 1 aliphatic rings. The second-order valence-electron chi connectivity index (χ2n) is 9.81. The molecule has 0 atom stereocenters. The van der Waals surface area contributed by atoms with Gasteiger partial charge in [-0.15, -0.1) is 0 Å². The van der Waals surface area contributed by atoms with Gasteiger partial charge in [0.15, 0.2) is 5.78 Å². The van der Waals surface area contributed by atoms with Crippen molar-refractivity contribution in [1.29, 1.82) is 0 Å². The summed E-state index contributed by atoms with van der Waals surface area (Å²) in [6.45, 7) is 2.50. The number of fused-ring (bicyclic) bond motifs is 1. The van der Waals surface area contributed by atoms with Gasteiger partial charge in [0.05, 0.1) is 33.2 Å². The maximum Gasteiger partial charge on any atom is 0.387 e. The summed E-state index contributed by atoms with van der Waals surface area (Å²) in [7, 11) is -3.07. The molecule has 1 saturated heterocycles. The van der Waals surface area contributed by atoms with Crippen molar-refractivity contribution < 1.29 is 26.7 Å². The Hall–Kier alpha value is -2.72. The predicted octanol–water partition coefficient (Wildman–Crippen LogP) is 5.42. The van der Waals surface area contributed by atoms with E-state index < -0.39 is 27.6 Å². The van der Waals surface area contributed by atoms with Crippen molar-refractivity contribution in [3.8, 4) is 11.4 Å². The fourth-order valence-corrected chi connectivity index (χ4v) is 6.87. The Bertz CT molecular complexity index is 1480. The van der Waals surface area contributed by atoms with Crippen molar-refractivity contribution in [3.63, 3.8) is 0 Å². The van der Waals surface area contributed by atoms with Crippen molar-refractivity contribution in [3.05, 3.63) is 57.5 Å². The summed E-state index contributed by atoms with van der Waals surface area (Å²) >= 11 is 6.75. The van der Waals surface area contributed by atoms with Crippen LogP contribution in [-0.2, 0) is 9.84 Å². The van der Waals surface area contributed by atoms with Gasteiger partial charge in [-0.2, -0.15) is 8.78 Å². The van der Waals surface area contributed by atoms with Gasteiger partial charge in [0.1, 0.15) is 15.6 Å². The number of hydrogen-bond donors (Lipinski definition) is 0. The summed E-state index contributed by atoms with van der Waals surface area (Å²) in [4.78, 5) is 26.8. The van der Waals surface area contributed by atoms with Crippen molar-refractivity contribution in [1.82, 2.24) is 9.13 Å². The molecule has 0 bridgehead atoms. The van der Waals surface area contributed by atoms with Crippen LogP contribution < -0.4 is 10.4 Å². The lowest BCUT2D eigenvalue weighted by molar-refractivity contribution is -0.0498. The molecule has 0 unspecified atom stereocenters. The Morgan fingerprint density at radius 3 is 2.44 bits per heavy atom. The van der Waals surface area contributed by atoms with E-state index in [-0.39, 0.29) is 46.1 Å². The first-order chi connectivity index (χ1) is 16.8. The fraction of sp³-hybridized carbons (Fsp3) is 0.440. The summed E-state index contributed by atoms with van der Waals surface area (Å²) in [5.41, 5.74) is 0.438. The lowest BCUT2D eigenvalue weighted by Gasteiger charge is -2.32. The SMILES string of the molecule is CC(C)n1c(=O)n(-c2cccc(OC(F)F)c2)c2ccc(C(=O)CC3(C)CCS(=O)(=O)CC3)c(Cl)c21. The summed E-state index contributed by atoms with van der Waals surface area (Å²) in [5, 5.41) is 0.120. The molecule has 2 heterocycles. The van der Waals surface area contributed by atoms with Gasteiger partial charge in [0.2, 0.25) is 0 Å². The van der Waals surface area contributed by atoms with Crippen LogP contribution in [0.1, 0.15) is 56.4 Å². The minimum Gasteiger partial charge on any atom is -0.435 e. The standard InChI is InChI=1S/C25H27ClF2N2O5S/c1-15(2)29-22-19(30(24(29)32)16-5-4-6-17(13-16)35-23(27)28)8-7-18(21(22)26)20(31)14-25(3)9-11-36(33,34)12-10-25/h4-8,13,15,23H,9-12,14H2,1-3H3. The number of sulfone groups is 1. The van der Waals surface area contributed by atoms with Crippen LogP contribution in [0.15, 0.2) is 41.2 Å². The topological polar surface area (TPSA) is 87.4 Å². The van der Waals surface area contributed by atoms with Gasteiger partial charge in [-0.05, 0) is 56.4 Å². The molecular formula is C25H27ClF2N2O5S. The zero-order valence-corrected chi connectivity index (χ0v) is 21.7. The van der Waals surface area contributed by atoms with Crippen LogP contribution in [0, 0.1) is 5.41 Å². The highest BCUT2D eigenvalue weighted by Gasteiger charge is 2.36. The molecule has 0 spiro atoms. The van der Waals surface area contributed by atoms with E-state index in [1.165, 1.54) is 27.3 Å². The molecule has 3 aromatic rings. The third-order valence-corrected chi connectivity index (χ3v) is 8.75. The minimum atomic E-state index is -3.07. The van der Waals surface area contributed by atoms with E-state index in [9.17, 15) is 26.8 Å². The average molecular weight is 541 g/mol. The van der Waals surface area contributed by atoms with Crippen LogP contribution in [0.2, 0.25) is 5.02 Å². The first-order valence-corrected chi connectivity index (χ1v) is 13.8. The van der Waals surface area contributed by atoms with Crippen LogP contribution in [0.25, 0.3) is 16.7 Å². The van der Waals surface area contributed by atoms with E-state index in [0.717, 1.165) is 0 Å². The van der Waals surface area contributed by atoms with E-state index in [2.05, 4.69) is 4.74 Å². The number of hydrogen-bond acceptors (Lipinski definition) is 5. The number of halogens is 3. The predicted molar refractivity (Wildman–Crippen MR) is 135 cm³/mol. The quantitative estimate of drug-likeness (QED) is 0.374. The number of ether oxygens (including phenoxy) is 1. The molecule has 36 heavy (non-hydrogen) atoms. The van der Waals surface area contributed by atoms with E-state index in [4.69, 9.17) is 11.6 Å². The number of aromatic nitrogens is 2. The van der Waals surface area contributed by atoms with E-state index in [1.54, 1.807) is 32.0 Å². The number of carbonyl (C=O) groups excluding carboxylic acids is 1. The van der Waals surface area contributed by atoms with Crippen molar-refractivity contribution in [2.24, 2.45) is 5.41 Å². The Kier molecular flexibility index (Phi) is 7.04. The van der Waals surface area contributed by atoms with Crippen LogP contribution in [-0.4, -0.2) is 41.5 Å². The van der Waals surface area contributed by atoms with Gasteiger partial charge in [-0.1, -0.05) is 24.6 Å². The van der Waals surface area contributed by atoms with Gasteiger partial charge in [0.25, 0.3) is 0 Å². The van der Waals surface area contributed by atoms with Crippen LogP contribution in [0.3, 0.4) is 0 Å². The molecule has 1 aromatic heterocycles. The fourth-order valence-electron chi connectivity index (χ4n) is 4.70. The van der Waals surface area contributed by atoms with Crippen molar-refractivity contribution in [2.75, 3.05) is 11.5 Å². The van der Waals surface area contributed by atoms with E-state index in [0.29, 0.717) is 29.6 Å². The lowest BCUT2D eigenvalue weighted by Crippen LogP contribution is -2.33. The number of Topliss-reactive ketones (excluding diaryl/α,β-unsaturated/α-hetero) is 1. The number of alkyl halides is 2. The molecule has 0 saturated carbocycles. The van der Waals surface area contributed by atoms with Gasteiger partial charge in [-0.3, -0.25) is 13.9 Å². The van der Waals surface area contributed by atoms with Gasteiger partial charge < -0.3 is 4.74 Å². The third-order valence-electron chi connectivity index (χ3n) is 6.71. The molecule has 0 amide bonds. The molecule has 4 rings (SSSR count). The minimum absolute atomic E-state index is 0.0492. The van der Waals surface area contributed by atoms with Crippen LogP contribution >= 0.6 is 11.6 Å². The van der Waals surface area contributed by atoms with Crippen LogP contribution in [0.4, 0.5) is 8.78 Å². The molecular weight excluding hydrogens is 514 g/mol. The maximum atomic E-state index is 13.5. The molecule has 0 radical (unpaired) electrons. The molecule has 1 aliphatic heterocycles. The van der Waals surface area contributed by atoms with Crippen molar-refractivity contribution >= 4 is 38.3 Å². The highest BCUT2D eigenvalue weighted by atomic mass is 35.5. The lowest BCUT2D eigenvalue weighted by atomic mass is 9.78. The normalized spacial score (nSPS) is 17.1. The first kappa shape index (κ1) is 26.3. The Morgan fingerprint density at radius 2 is 1.83 bits per heavy atom. The summed E-state index contributed by atoms with van der Waals surface area (Å²) in [6, 6.07) is 8.65. The zero-order chi connectivity index (χ0) is 26.4. The highest BCUT2D eigenvalue weighted by molar-refractivity contribution is 7.91. The molecule has 2 aromatic carbocycles. The molecule has 194 valence electrons. The first-order valence-electron chi connectivity index (χ1n) is 11.6. The van der Waals surface area contributed by atoms with E-state index in [1.807, 2.05) is 6.92 Å². The number of imidazole rings is 1. The number of carbonyl (C=O) groups is 1. The second-order valence-corrected chi connectivity index (χ2v) is 12.5. The smallest absolute Gasteiger partial charge is 0.387 e. The number of rotatable bonds is 7. The van der Waals surface area contributed by atoms with Gasteiger partial charge in [-0.25, -0.2) is 13.2 Å². The zero-order valence-electron chi connectivity index (χ0n) is 20.1. The molecule has 1 fully saturated rings. The third kappa shape index (κ3) is 5.06. The van der Waals surface area contributed by atoms with Gasteiger partial charge in [0, 0.05) is 24.1 Å². The average Bonchev–Trinajstić information content (AvgIpc) is 3.09. The Labute approximate surface area is 212 Å². The highest BCUT2D eigenvalue weighted by Crippen LogP contribution is 2.38. The summed E-state index contributed by atoms with van der Waals surface area (Å²) < 4.78 is 56.4. The van der Waals surface area contributed by atoms with Crippen LogP contribution in [0.5, 0.6) is 5.75 Å². The number of ketones is 1. The second kappa shape index (κ2) is 9.63. The maximum absolute atomic E-state index is 13.5. The largest absolute Gasteiger partial charge is 0.435 e. The molecule has 11 heteroatoms. The van der Waals surface area contributed by atoms with Gasteiger partial charge >= 0.3 is 12.3 Å². The number of benzene rings is 2. The van der Waals surface area contributed by atoms with Crippen molar-refractivity contribution in [2.45, 2.75) is 52.7 Å². The number of nitrogens with zero attached hydrogens (tertiary/aromatic N) is 2. The molecule has 0 N–H and O–H groups in total. The Morgan fingerprint density at radius 1 is 1.17 bits per heavy atom. The Balaban J connectivity index is 1.80. The molecule has 0 aliphatic carbocycles. The molecule has 7 nitrogen and oxygen atoms in total. The summed E-state index contributed by atoms with van der Waals surface area (Å²) in [6.07, 6.45) is 0.920. The monoisotopic (exact) mass is 540 g/mol.